The zero-order valence-corrected chi connectivity index (χ0v) is 16.6. The molecule has 6 nitrogen and oxygen atoms in total. The molecule has 0 aromatic heterocycles. The van der Waals surface area contributed by atoms with Crippen LogP contribution in [0, 0.1) is 5.92 Å². The fourth-order valence-corrected chi connectivity index (χ4v) is 2.24. The largest absolute Gasteiger partial charge is 0.382 e. The van der Waals surface area contributed by atoms with Crippen LogP contribution >= 0.6 is 0 Å². The van der Waals surface area contributed by atoms with E-state index in [1.165, 1.54) is 0 Å². The van der Waals surface area contributed by atoms with Gasteiger partial charge in [-0.25, -0.2) is 4.99 Å². The topological polar surface area (TPSA) is 74.8 Å². The van der Waals surface area contributed by atoms with E-state index < -0.39 is 0 Å². The quantitative estimate of drug-likeness (QED) is 0.321. The Bertz CT molecular complexity index is 560. The Morgan fingerprint density at radius 1 is 1.23 bits per heavy atom. The molecule has 3 N–H and O–H groups in total. The van der Waals surface area contributed by atoms with Crippen LogP contribution in [0.15, 0.2) is 29.3 Å². The summed E-state index contributed by atoms with van der Waals surface area (Å²) in [4.78, 5) is 16.6. The summed E-state index contributed by atoms with van der Waals surface area (Å²) in [6.07, 6.45) is 1.77. The molecule has 1 unspecified atom stereocenters. The average Bonchev–Trinajstić information content (AvgIpc) is 2.65. The second-order valence-corrected chi connectivity index (χ2v) is 6.17. The standard InChI is InChI=1S/C20H34N4O2/c1-5-16(4)19(25)24-18-11-8-10-17(14-18)15-23-20(21-6-2)22-12-9-13-26-7-3/h8,10-11,14,16H,5-7,9,12-13,15H2,1-4H3,(H,24,25)(H2,21,22,23). The van der Waals surface area contributed by atoms with E-state index in [-0.39, 0.29) is 11.8 Å². The molecule has 0 fully saturated rings. The van der Waals surface area contributed by atoms with Crippen molar-refractivity contribution in [3.63, 3.8) is 0 Å². The maximum Gasteiger partial charge on any atom is 0.227 e. The fourth-order valence-electron chi connectivity index (χ4n) is 2.24. The van der Waals surface area contributed by atoms with Gasteiger partial charge in [0.1, 0.15) is 0 Å². The van der Waals surface area contributed by atoms with Crippen molar-refractivity contribution in [1.29, 1.82) is 0 Å². The predicted molar refractivity (Wildman–Crippen MR) is 108 cm³/mol. The van der Waals surface area contributed by atoms with E-state index in [0.29, 0.717) is 6.54 Å². The number of aliphatic imine (C=N–C) groups is 1. The lowest BCUT2D eigenvalue weighted by molar-refractivity contribution is -0.119. The first-order valence-electron chi connectivity index (χ1n) is 9.60. The maximum atomic E-state index is 12.0. The summed E-state index contributed by atoms with van der Waals surface area (Å²) in [6, 6.07) is 7.84. The minimum atomic E-state index is 0.0120. The number of carbonyl (C=O) groups is 1. The smallest absolute Gasteiger partial charge is 0.227 e. The minimum Gasteiger partial charge on any atom is -0.382 e. The van der Waals surface area contributed by atoms with Crippen molar-refractivity contribution in [2.75, 3.05) is 31.6 Å². The van der Waals surface area contributed by atoms with Crippen molar-refractivity contribution in [3.05, 3.63) is 29.8 Å². The highest BCUT2D eigenvalue weighted by molar-refractivity contribution is 5.92. The van der Waals surface area contributed by atoms with Crippen LogP contribution in [0.5, 0.6) is 0 Å². The summed E-state index contributed by atoms with van der Waals surface area (Å²) >= 11 is 0. The molecule has 1 aromatic carbocycles. The molecule has 0 heterocycles. The van der Waals surface area contributed by atoms with Gasteiger partial charge in [-0.1, -0.05) is 26.0 Å². The lowest BCUT2D eigenvalue weighted by Gasteiger charge is -2.12. The van der Waals surface area contributed by atoms with E-state index in [2.05, 4.69) is 20.9 Å². The maximum absolute atomic E-state index is 12.0. The number of rotatable bonds is 11. The molecular weight excluding hydrogens is 328 g/mol. The van der Waals surface area contributed by atoms with Crippen molar-refractivity contribution in [3.8, 4) is 0 Å². The van der Waals surface area contributed by atoms with Crippen molar-refractivity contribution < 1.29 is 9.53 Å². The van der Waals surface area contributed by atoms with E-state index in [1.807, 2.05) is 52.0 Å². The van der Waals surface area contributed by atoms with Crippen LogP contribution in [0.2, 0.25) is 0 Å². The van der Waals surface area contributed by atoms with Gasteiger partial charge in [0.05, 0.1) is 6.54 Å². The number of nitrogens with zero attached hydrogens (tertiary/aromatic N) is 1. The third-order valence-electron chi connectivity index (χ3n) is 3.98. The zero-order valence-electron chi connectivity index (χ0n) is 16.6. The Kier molecular flexibility index (Phi) is 11.1. The number of hydrogen-bond acceptors (Lipinski definition) is 3. The van der Waals surface area contributed by atoms with Gasteiger partial charge in [-0.3, -0.25) is 4.79 Å². The molecule has 1 atom stereocenters. The van der Waals surface area contributed by atoms with Gasteiger partial charge in [-0.05, 0) is 44.4 Å². The number of anilines is 1. The molecular formula is C20H34N4O2. The molecule has 0 saturated carbocycles. The molecule has 0 spiro atoms. The Balaban J connectivity index is 2.59. The van der Waals surface area contributed by atoms with Crippen LogP contribution < -0.4 is 16.0 Å². The lowest BCUT2D eigenvalue weighted by Crippen LogP contribution is -2.38. The second-order valence-electron chi connectivity index (χ2n) is 6.17. The third-order valence-corrected chi connectivity index (χ3v) is 3.98. The summed E-state index contributed by atoms with van der Waals surface area (Å²) in [6.45, 7) is 11.7. The first-order valence-corrected chi connectivity index (χ1v) is 9.60. The van der Waals surface area contributed by atoms with Crippen molar-refractivity contribution in [2.24, 2.45) is 10.9 Å². The number of guanidine groups is 1. The normalized spacial score (nSPS) is 12.5. The van der Waals surface area contributed by atoms with Crippen LogP contribution in [-0.2, 0) is 16.1 Å². The van der Waals surface area contributed by atoms with Crippen LogP contribution in [0.4, 0.5) is 5.69 Å². The molecule has 0 aliphatic heterocycles. The van der Waals surface area contributed by atoms with Gasteiger partial charge >= 0.3 is 0 Å². The average molecular weight is 363 g/mol. The molecule has 0 radical (unpaired) electrons. The molecule has 26 heavy (non-hydrogen) atoms. The highest BCUT2D eigenvalue weighted by Gasteiger charge is 2.10. The Morgan fingerprint density at radius 3 is 2.73 bits per heavy atom. The molecule has 1 rings (SSSR count). The van der Waals surface area contributed by atoms with E-state index in [1.54, 1.807) is 0 Å². The highest BCUT2D eigenvalue weighted by atomic mass is 16.5. The van der Waals surface area contributed by atoms with Crippen LogP contribution in [0.25, 0.3) is 0 Å². The molecule has 1 aromatic rings. The molecule has 0 aliphatic rings. The van der Waals surface area contributed by atoms with Crippen molar-refractivity contribution >= 4 is 17.6 Å². The van der Waals surface area contributed by atoms with Crippen molar-refractivity contribution in [2.45, 2.75) is 47.1 Å². The minimum absolute atomic E-state index is 0.0120. The molecule has 6 heteroatoms. The van der Waals surface area contributed by atoms with E-state index in [0.717, 1.165) is 56.4 Å². The summed E-state index contributed by atoms with van der Waals surface area (Å²) in [5.41, 5.74) is 1.87. The van der Waals surface area contributed by atoms with Gasteiger partial charge in [0.15, 0.2) is 5.96 Å². The summed E-state index contributed by atoms with van der Waals surface area (Å²) in [5, 5.41) is 9.52. The number of amides is 1. The fraction of sp³-hybridized carbons (Fsp3) is 0.600. The number of carbonyl (C=O) groups excluding carboxylic acids is 1. The van der Waals surface area contributed by atoms with E-state index >= 15 is 0 Å². The first kappa shape index (κ1) is 22.0. The highest BCUT2D eigenvalue weighted by Crippen LogP contribution is 2.13. The SMILES string of the molecule is CCNC(=NCc1cccc(NC(=O)C(C)CC)c1)NCCCOCC. The van der Waals surface area contributed by atoms with Crippen LogP contribution in [0.1, 0.15) is 46.1 Å². The summed E-state index contributed by atoms with van der Waals surface area (Å²) < 4.78 is 5.34. The van der Waals surface area contributed by atoms with Gasteiger partial charge in [0, 0.05) is 37.9 Å². The predicted octanol–water partition coefficient (Wildman–Crippen LogP) is 3.15. The van der Waals surface area contributed by atoms with Crippen LogP contribution in [0.3, 0.4) is 0 Å². The molecule has 0 saturated heterocycles. The Hall–Kier alpha value is -2.08. The Labute approximate surface area is 157 Å². The van der Waals surface area contributed by atoms with Gasteiger partial charge in [-0.15, -0.1) is 0 Å². The van der Waals surface area contributed by atoms with E-state index in [9.17, 15) is 4.79 Å². The van der Waals surface area contributed by atoms with Crippen LogP contribution in [-0.4, -0.2) is 38.2 Å². The van der Waals surface area contributed by atoms with Gasteiger partial charge in [0.25, 0.3) is 0 Å². The van der Waals surface area contributed by atoms with E-state index in [4.69, 9.17) is 4.74 Å². The molecule has 146 valence electrons. The summed E-state index contributed by atoms with van der Waals surface area (Å²) in [5.74, 6) is 0.855. The number of benzene rings is 1. The molecule has 0 bridgehead atoms. The van der Waals surface area contributed by atoms with Gasteiger partial charge < -0.3 is 20.7 Å². The van der Waals surface area contributed by atoms with Gasteiger partial charge in [0.2, 0.25) is 5.91 Å². The number of nitrogens with one attached hydrogen (secondary N) is 3. The lowest BCUT2D eigenvalue weighted by atomic mass is 10.1. The molecule has 0 aliphatic carbocycles. The zero-order chi connectivity index (χ0) is 19.2. The summed E-state index contributed by atoms with van der Waals surface area (Å²) in [7, 11) is 0. The number of hydrogen-bond donors (Lipinski definition) is 3. The first-order chi connectivity index (χ1) is 12.6. The molecule has 1 amide bonds. The Morgan fingerprint density at radius 2 is 2.04 bits per heavy atom. The second kappa shape index (κ2) is 13.2. The van der Waals surface area contributed by atoms with Gasteiger partial charge in [-0.2, -0.15) is 0 Å². The van der Waals surface area contributed by atoms with Crippen molar-refractivity contribution in [1.82, 2.24) is 10.6 Å². The number of ether oxygens (including phenoxy) is 1. The third kappa shape index (κ3) is 8.85. The monoisotopic (exact) mass is 362 g/mol.